The summed E-state index contributed by atoms with van der Waals surface area (Å²) in [5, 5.41) is 0. The molecule has 0 heterocycles. The van der Waals surface area contributed by atoms with Crippen molar-refractivity contribution in [2.45, 2.75) is 60.3 Å². The molecule has 0 nitrogen and oxygen atoms in total. The van der Waals surface area contributed by atoms with Gasteiger partial charge in [0.1, 0.15) is 0 Å². The van der Waals surface area contributed by atoms with Crippen LogP contribution in [0.1, 0.15) is 60.3 Å². The van der Waals surface area contributed by atoms with E-state index < -0.39 is 0 Å². The van der Waals surface area contributed by atoms with Gasteiger partial charge in [0.2, 0.25) is 0 Å². The molecular weight excluding hydrogens is 132 g/mol. The van der Waals surface area contributed by atoms with Crippen LogP contribution >= 0.6 is 0 Å². The molecule has 0 bridgehead atoms. The van der Waals surface area contributed by atoms with Gasteiger partial charge in [-0.25, -0.2) is 0 Å². The molecule has 1 rings (SSSR count). The van der Waals surface area contributed by atoms with Crippen LogP contribution in [0.2, 0.25) is 0 Å². The van der Waals surface area contributed by atoms with E-state index in [2.05, 4.69) is 34.6 Å². The lowest BCUT2D eigenvalue weighted by Crippen LogP contribution is -2.08. The van der Waals surface area contributed by atoms with E-state index in [9.17, 15) is 0 Å². The number of hydrogen-bond donors (Lipinski definition) is 0. The van der Waals surface area contributed by atoms with Crippen molar-refractivity contribution in [3.8, 4) is 0 Å². The van der Waals surface area contributed by atoms with Crippen molar-refractivity contribution >= 4 is 0 Å². The van der Waals surface area contributed by atoms with E-state index in [1.165, 1.54) is 25.7 Å². The molecule has 1 saturated carbocycles. The minimum Gasteiger partial charge on any atom is -0.0628 e. The van der Waals surface area contributed by atoms with Crippen LogP contribution in [0.15, 0.2) is 0 Å². The highest BCUT2D eigenvalue weighted by molar-refractivity contribution is 4.62. The monoisotopic (exact) mass is 156 g/mol. The van der Waals surface area contributed by atoms with Gasteiger partial charge in [-0.15, -0.1) is 0 Å². The third-order valence-corrected chi connectivity index (χ3v) is 1.37. The molecule has 11 heavy (non-hydrogen) atoms. The van der Waals surface area contributed by atoms with Gasteiger partial charge in [-0.2, -0.15) is 0 Å². The predicted octanol–water partition coefficient (Wildman–Crippen LogP) is 4.25. The molecule has 0 heteroatoms. The van der Waals surface area contributed by atoms with E-state index in [0.717, 1.165) is 5.92 Å². The van der Waals surface area contributed by atoms with Crippen molar-refractivity contribution < 1.29 is 0 Å². The summed E-state index contributed by atoms with van der Waals surface area (Å²) in [6, 6.07) is 0. The third-order valence-electron chi connectivity index (χ3n) is 1.37. The van der Waals surface area contributed by atoms with Crippen LogP contribution in [0, 0.1) is 11.3 Å². The molecule has 1 aliphatic carbocycles. The molecule has 0 radical (unpaired) electrons. The largest absolute Gasteiger partial charge is 0.0628 e. The highest BCUT2D eigenvalue weighted by Crippen LogP contribution is 2.23. The number of hydrogen-bond acceptors (Lipinski definition) is 0. The fraction of sp³-hybridized carbons (Fsp3) is 1.00. The maximum Gasteiger partial charge on any atom is -0.0380 e. The molecule has 0 atom stereocenters. The Kier molecular flexibility index (Phi) is 4.79. The molecule has 0 amide bonds. The molecule has 68 valence electrons. The maximum atomic E-state index is 2.28. The van der Waals surface area contributed by atoms with Gasteiger partial charge >= 0.3 is 0 Å². The lowest BCUT2D eigenvalue weighted by Gasteiger charge is -2.19. The Hall–Kier alpha value is 0. The molecule has 1 fully saturated rings. The fourth-order valence-corrected chi connectivity index (χ4v) is 1.22. The first-order valence-corrected chi connectivity index (χ1v) is 4.92. The predicted molar refractivity (Wildman–Crippen MR) is 52.8 cm³/mol. The molecule has 1 aliphatic rings. The Balaban J connectivity index is 0.000000271. The molecule has 0 aromatic rings. The Morgan fingerprint density at radius 2 is 1.36 bits per heavy atom. The average Bonchev–Trinajstić information content (AvgIpc) is 2.33. The van der Waals surface area contributed by atoms with E-state index in [4.69, 9.17) is 0 Å². The second-order valence-corrected chi connectivity index (χ2v) is 5.22. The summed E-state index contributed by atoms with van der Waals surface area (Å²) >= 11 is 0. The zero-order valence-electron chi connectivity index (χ0n) is 8.91. The average molecular weight is 156 g/mol. The standard InChI is InChI=1S/C8H18.C3H6/c1-7(2)6-8(3,4)5;1-2-3-1/h7H,6H2,1-5H3;1-3H2. The smallest absolute Gasteiger partial charge is 0.0380 e. The Morgan fingerprint density at radius 3 is 1.36 bits per heavy atom. The van der Waals surface area contributed by atoms with Crippen molar-refractivity contribution in [3.05, 3.63) is 0 Å². The van der Waals surface area contributed by atoms with Gasteiger partial charge in [0.05, 0.1) is 0 Å². The van der Waals surface area contributed by atoms with Crippen LogP contribution in [0.4, 0.5) is 0 Å². The summed E-state index contributed by atoms with van der Waals surface area (Å²) in [6.45, 7) is 11.4. The second kappa shape index (κ2) is 4.79. The Morgan fingerprint density at radius 1 is 1.00 bits per heavy atom. The van der Waals surface area contributed by atoms with Gasteiger partial charge in [-0.1, -0.05) is 53.9 Å². The molecule has 0 unspecified atom stereocenters. The highest BCUT2D eigenvalue weighted by Gasteiger charge is 2.11. The van der Waals surface area contributed by atoms with E-state index in [1.807, 2.05) is 0 Å². The zero-order valence-corrected chi connectivity index (χ0v) is 8.91. The quantitative estimate of drug-likeness (QED) is 0.532. The van der Waals surface area contributed by atoms with Crippen LogP contribution in [-0.4, -0.2) is 0 Å². The van der Waals surface area contributed by atoms with Gasteiger partial charge in [-0.3, -0.25) is 0 Å². The molecular formula is C11H24. The molecule has 0 aliphatic heterocycles. The zero-order chi connectivity index (χ0) is 8.91. The normalized spacial score (nSPS) is 15.8. The maximum absolute atomic E-state index is 2.28. The lowest BCUT2D eigenvalue weighted by atomic mass is 9.86. The second-order valence-electron chi connectivity index (χ2n) is 5.22. The number of rotatable bonds is 1. The van der Waals surface area contributed by atoms with E-state index >= 15 is 0 Å². The van der Waals surface area contributed by atoms with Crippen LogP contribution in [0.25, 0.3) is 0 Å². The van der Waals surface area contributed by atoms with Gasteiger partial charge in [0.25, 0.3) is 0 Å². The highest BCUT2D eigenvalue weighted by atomic mass is 14.2. The van der Waals surface area contributed by atoms with E-state index in [0.29, 0.717) is 5.41 Å². The summed E-state index contributed by atoms with van der Waals surface area (Å²) in [6.07, 6.45) is 5.83. The third kappa shape index (κ3) is 17.8. The molecule has 0 spiro atoms. The molecule has 0 aromatic heterocycles. The Labute approximate surface area is 72.4 Å². The summed E-state index contributed by atoms with van der Waals surface area (Å²) < 4.78 is 0. The van der Waals surface area contributed by atoms with Gasteiger partial charge < -0.3 is 0 Å². The summed E-state index contributed by atoms with van der Waals surface area (Å²) in [4.78, 5) is 0. The molecule has 0 N–H and O–H groups in total. The van der Waals surface area contributed by atoms with Crippen molar-refractivity contribution in [1.29, 1.82) is 0 Å². The van der Waals surface area contributed by atoms with Crippen molar-refractivity contribution in [2.24, 2.45) is 11.3 Å². The van der Waals surface area contributed by atoms with Crippen LogP contribution in [0.5, 0.6) is 0 Å². The fourth-order valence-electron chi connectivity index (χ4n) is 1.22. The van der Waals surface area contributed by atoms with Crippen molar-refractivity contribution in [2.75, 3.05) is 0 Å². The SMILES string of the molecule is C1CC1.CC(C)CC(C)(C)C. The minimum absolute atomic E-state index is 0.522. The first kappa shape index (κ1) is 11.0. The molecule has 0 saturated heterocycles. The van der Waals surface area contributed by atoms with Crippen LogP contribution in [-0.2, 0) is 0 Å². The van der Waals surface area contributed by atoms with Gasteiger partial charge in [-0.05, 0) is 17.8 Å². The lowest BCUT2D eigenvalue weighted by molar-refractivity contribution is 0.320. The molecule has 0 aromatic carbocycles. The Bertz CT molecular complexity index is 79.9. The van der Waals surface area contributed by atoms with Gasteiger partial charge in [0.15, 0.2) is 0 Å². The summed E-state index contributed by atoms with van der Waals surface area (Å²) in [5.74, 6) is 0.843. The minimum atomic E-state index is 0.522. The van der Waals surface area contributed by atoms with Crippen molar-refractivity contribution in [3.63, 3.8) is 0 Å². The van der Waals surface area contributed by atoms with Gasteiger partial charge in [0, 0.05) is 0 Å². The first-order chi connectivity index (χ1) is 4.92. The van der Waals surface area contributed by atoms with Crippen molar-refractivity contribution in [1.82, 2.24) is 0 Å². The van der Waals surface area contributed by atoms with E-state index in [-0.39, 0.29) is 0 Å². The summed E-state index contributed by atoms with van der Waals surface area (Å²) in [7, 11) is 0. The summed E-state index contributed by atoms with van der Waals surface area (Å²) in [5.41, 5.74) is 0.522. The van der Waals surface area contributed by atoms with Crippen LogP contribution in [0.3, 0.4) is 0 Å². The topological polar surface area (TPSA) is 0 Å². The van der Waals surface area contributed by atoms with E-state index in [1.54, 1.807) is 0 Å². The first-order valence-electron chi connectivity index (χ1n) is 4.92. The van der Waals surface area contributed by atoms with Crippen LogP contribution < -0.4 is 0 Å².